The molecule has 0 spiro atoms. The quantitative estimate of drug-likeness (QED) is 0.787. The minimum Gasteiger partial charge on any atom is -0.486 e. The SMILES string of the molecule is CC(NC(=O)C1CC(=O)N(c2ccccc2)C1)C(=O)Nc1ccc2c(c1)OCCO2. The molecule has 4 rings (SSSR count). The van der Waals surface area contributed by atoms with Gasteiger partial charge in [0.25, 0.3) is 0 Å². The highest BCUT2D eigenvalue weighted by Crippen LogP contribution is 2.32. The third-order valence-corrected chi connectivity index (χ3v) is 5.13. The third-order valence-electron chi connectivity index (χ3n) is 5.13. The normalized spacial score (nSPS) is 18.6. The van der Waals surface area contributed by atoms with Gasteiger partial charge in [0.2, 0.25) is 17.7 Å². The molecule has 2 aliphatic heterocycles. The second kappa shape index (κ2) is 8.44. The molecular formula is C22H23N3O5. The summed E-state index contributed by atoms with van der Waals surface area (Å²) in [6, 6.07) is 13.6. The van der Waals surface area contributed by atoms with Crippen molar-refractivity contribution in [2.75, 3.05) is 30.0 Å². The van der Waals surface area contributed by atoms with E-state index in [4.69, 9.17) is 9.47 Å². The van der Waals surface area contributed by atoms with Crippen LogP contribution in [0.3, 0.4) is 0 Å². The molecule has 2 aromatic carbocycles. The fourth-order valence-corrected chi connectivity index (χ4v) is 3.51. The highest BCUT2D eigenvalue weighted by molar-refractivity contribution is 6.02. The number of anilines is 2. The summed E-state index contributed by atoms with van der Waals surface area (Å²) >= 11 is 0. The Hall–Kier alpha value is -3.55. The summed E-state index contributed by atoms with van der Waals surface area (Å²) < 4.78 is 11.0. The van der Waals surface area contributed by atoms with Crippen molar-refractivity contribution < 1.29 is 23.9 Å². The van der Waals surface area contributed by atoms with E-state index in [1.54, 1.807) is 30.0 Å². The van der Waals surface area contributed by atoms with Crippen molar-refractivity contribution >= 4 is 29.1 Å². The number of benzene rings is 2. The number of nitrogens with one attached hydrogen (secondary N) is 2. The smallest absolute Gasteiger partial charge is 0.246 e. The van der Waals surface area contributed by atoms with E-state index >= 15 is 0 Å². The highest BCUT2D eigenvalue weighted by atomic mass is 16.6. The lowest BCUT2D eigenvalue weighted by Gasteiger charge is -2.20. The fraction of sp³-hybridized carbons (Fsp3) is 0.318. The van der Waals surface area contributed by atoms with Gasteiger partial charge in [0.1, 0.15) is 19.3 Å². The second-order valence-electron chi connectivity index (χ2n) is 7.32. The number of rotatable bonds is 5. The summed E-state index contributed by atoms with van der Waals surface area (Å²) in [6.07, 6.45) is 0.122. The van der Waals surface area contributed by atoms with E-state index < -0.39 is 12.0 Å². The first-order chi connectivity index (χ1) is 14.5. The van der Waals surface area contributed by atoms with Crippen LogP contribution in [0.1, 0.15) is 13.3 Å². The molecule has 2 unspecified atom stereocenters. The van der Waals surface area contributed by atoms with Gasteiger partial charge >= 0.3 is 0 Å². The molecule has 0 saturated carbocycles. The first kappa shape index (κ1) is 19.8. The van der Waals surface area contributed by atoms with Gasteiger partial charge in [0.05, 0.1) is 5.92 Å². The predicted octanol–water partition coefficient (Wildman–Crippen LogP) is 1.95. The lowest BCUT2D eigenvalue weighted by Crippen LogP contribution is -2.44. The van der Waals surface area contributed by atoms with E-state index in [0.29, 0.717) is 36.9 Å². The number of nitrogens with zero attached hydrogens (tertiary/aromatic N) is 1. The minimum atomic E-state index is -0.758. The van der Waals surface area contributed by atoms with E-state index in [2.05, 4.69) is 10.6 Å². The topological polar surface area (TPSA) is 97.0 Å². The zero-order valence-electron chi connectivity index (χ0n) is 16.6. The molecule has 2 aliphatic rings. The van der Waals surface area contributed by atoms with Crippen molar-refractivity contribution in [3.63, 3.8) is 0 Å². The van der Waals surface area contributed by atoms with Gasteiger partial charge in [-0.15, -0.1) is 0 Å². The summed E-state index contributed by atoms with van der Waals surface area (Å²) in [5, 5.41) is 5.48. The molecule has 3 amide bonds. The van der Waals surface area contributed by atoms with Gasteiger partial charge in [-0.25, -0.2) is 0 Å². The molecule has 1 fully saturated rings. The van der Waals surface area contributed by atoms with Crippen molar-refractivity contribution in [1.82, 2.24) is 5.32 Å². The Morgan fingerprint density at radius 2 is 1.80 bits per heavy atom. The Morgan fingerprint density at radius 1 is 1.07 bits per heavy atom. The number of hydrogen-bond donors (Lipinski definition) is 2. The number of carbonyl (C=O) groups is 3. The van der Waals surface area contributed by atoms with Crippen molar-refractivity contribution in [2.24, 2.45) is 5.92 Å². The largest absolute Gasteiger partial charge is 0.486 e. The zero-order valence-corrected chi connectivity index (χ0v) is 16.6. The molecule has 30 heavy (non-hydrogen) atoms. The Labute approximate surface area is 174 Å². The molecule has 0 aliphatic carbocycles. The van der Waals surface area contributed by atoms with Crippen molar-refractivity contribution in [1.29, 1.82) is 0 Å². The minimum absolute atomic E-state index is 0.102. The van der Waals surface area contributed by atoms with Gasteiger partial charge < -0.3 is 25.0 Å². The summed E-state index contributed by atoms with van der Waals surface area (Å²) in [5.74, 6) is -0.0662. The molecule has 8 nitrogen and oxygen atoms in total. The van der Waals surface area contributed by atoms with Crippen molar-refractivity contribution in [3.05, 3.63) is 48.5 Å². The molecule has 0 aromatic heterocycles. The van der Waals surface area contributed by atoms with E-state index in [0.717, 1.165) is 5.69 Å². The Balaban J connectivity index is 1.33. The fourth-order valence-electron chi connectivity index (χ4n) is 3.51. The lowest BCUT2D eigenvalue weighted by molar-refractivity contribution is -0.129. The average molecular weight is 409 g/mol. The molecule has 0 radical (unpaired) electrons. The first-order valence-electron chi connectivity index (χ1n) is 9.87. The lowest BCUT2D eigenvalue weighted by atomic mass is 10.1. The molecule has 2 atom stereocenters. The highest BCUT2D eigenvalue weighted by Gasteiger charge is 2.36. The molecular weight excluding hydrogens is 386 g/mol. The molecule has 0 bridgehead atoms. The Morgan fingerprint density at radius 3 is 2.57 bits per heavy atom. The van der Waals surface area contributed by atoms with Gasteiger partial charge in [-0.1, -0.05) is 18.2 Å². The maximum Gasteiger partial charge on any atom is 0.246 e. The maximum absolute atomic E-state index is 12.6. The van der Waals surface area contributed by atoms with Crippen LogP contribution in [0.5, 0.6) is 11.5 Å². The second-order valence-corrected chi connectivity index (χ2v) is 7.32. The number of hydrogen-bond acceptors (Lipinski definition) is 5. The van der Waals surface area contributed by atoms with E-state index in [9.17, 15) is 14.4 Å². The van der Waals surface area contributed by atoms with E-state index in [1.807, 2.05) is 30.3 Å². The van der Waals surface area contributed by atoms with Crippen LogP contribution in [0.2, 0.25) is 0 Å². The maximum atomic E-state index is 12.6. The molecule has 1 saturated heterocycles. The molecule has 2 aromatic rings. The van der Waals surface area contributed by atoms with Gasteiger partial charge in [-0.3, -0.25) is 14.4 Å². The Bertz CT molecular complexity index is 963. The van der Waals surface area contributed by atoms with Crippen LogP contribution in [-0.2, 0) is 14.4 Å². The Kier molecular flexibility index (Phi) is 5.56. The summed E-state index contributed by atoms with van der Waals surface area (Å²) in [4.78, 5) is 39.0. The van der Waals surface area contributed by atoms with Crippen molar-refractivity contribution in [2.45, 2.75) is 19.4 Å². The number of amides is 3. The summed E-state index contributed by atoms with van der Waals surface area (Å²) in [5.41, 5.74) is 1.32. The van der Waals surface area contributed by atoms with Crippen LogP contribution >= 0.6 is 0 Å². The van der Waals surface area contributed by atoms with Crippen molar-refractivity contribution in [3.8, 4) is 11.5 Å². The van der Waals surface area contributed by atoms with Gasteiger partial charge in [-0.05, 0) is 31.2 Å². The van der Waals surface area contributed by atoms with E-state index in [-0.39, 0.29) is 24.1 Å². The van der Waals surface area contributed by atoms with Gasteiger partial charge in [0.15, 0.2) is 11.5 Å². The zero-order chi connectivity index (χ0) is 21.1. The van der Waals surface area contributed by atoms with Crippen LogP contribution in [-0.4, -0.2) is 43.5 Å². The first-order valence-corrected chi connectivity index (χ1v) is 9.87. The number of carbonyl (C=O) groups excluding carboxylic acids is 3. The molecule has 2 heterocycles. The molecule has 156 valence electrons. The van der Waals surface area contributed by atoms with Gasteiger partial charge in [0, 0.05) is 30.4 Å². The van der Waals surface area contributed by atoms with Crippen LogP contribution in [0.25, 0.3) is 0 Å². The summed E-state index contributed by atoms with van der Waals surface area (Å²) in [6.45, 7) is 2.85. The molecule has 2 N–H and O–H groups in total. The van der Waals surface area contributed by atoms with Crippen LogP contribution in [0.4, 0.5) is 11.4 Å². The van der Waals surface area contributed by atoms with Crippen LogP contribution in [0, 0.1) is 5.92 Å². The number of fused-ring (bicyclic) bond motifs is 1. The average Bonchev–Trinajstić information content (AvgIpc) is 3.16. The summed E-state index contributed by atoms with van der Waals surface area (Å²) in [7, 11) is 0. The molecule has 8 heteroatoms. The number of ether oxygens (including phenoxy) is 2. The number of para-hydroxylation sites is 1. The monoisotopic (exact) mass is 409 g/mol. The van der Waals surface area contributed by atoms with Gasteiger partial charge in [-0.2, -0.15) is 0 Å². The van der Waals surface area contributed by atoms with E-state index in [1.165, 1.54) is 0 Å². The van der Waals surface area contributed by atoms with Crippen LogP contribution in [0.15, 0.2) is 48.5 Å². The standard InChI is InChI=1S/C22H23N3O5/c1-14(21(27)24-16-7-8-18-19(12-16)30-10-9-29-18)23-22(28)15-11-20(26)25(13-15)17-5-3-2-4-6-17/h2-8,12,14-15H,9-11,13H2,1H3,(H,23,28)(H,24,27). The van der Waals surface area contributed by atoms with Crippen LogP contribution < -0.4 is 25.0 Å². The third kappa shape index (κ3) is 4.22. The predicted molar refractivity (Wildman–Crippen MR) is 111 cm³/mol.